The van der Waals surface area contributed by atoms with E-state index in [2.05, 4.69) is 14.8 Å². The Labute approximate surface area is 199 Å². The van der Waals surface area contributed by atoms with Gasteiger partial charge in [0.2, 0.25) is 0 Å². The molecule has 8 heteroatoms. The summed E-state index contributed by atoms with van der Waals surface area (Å²) in [5.41, 5.74) is 2.96. The number of amides is 1. The van der Waals surface area contributed by atoms with Crippen molar-refractivity contribution in [3.8, 4) is 5.75 Å². The zero-order valence-corrected chi connectivity index (χ0v) is 19.6. The highest BCUT2D eigenvalue weighted by Crippen LogP contribution is 2.33. The molecule has 1 amide bonds. The highest BCUT2D eigenvalue weighted by Gasteiger charge is 2.27. The van der Waals surface area contributed by atoms with Gasteiger partial charge in [0.25, 0.3) is 5.91 Å². The first-order valence-corrected chi connectivity index (χ1v) is 11.5. The van der Waals surface area contributed by atoms with Crippen LogP contribution >= 0.6 is 0 Å². The zero-order chi connectivity index (χ0) is 24.1. The van der Waals surface area contributed by atoms with Crippen molar-refractivity contribution < 1.29 is 24.2 Å². The number of fused-ring (bicyclic) bond motifs is 1. The molecule has 8 nitrogen and oxygen atoms in total. The Balaban J connectivity index is 1.64. The number of ether oxygens (including phenoxy) is 2. The first-order valence-electron chi connectivity index (χ1n) is 11.5. The molecular formula is C26H31N3O5. The summed E-state index contributed by atoms with van der Waals surface area (Å²) in [5, 5.41) is 13.3. The van der Waals surface area contributed by atoms with E-state index in [0.717, 1.165) is 55.0 Å². The number of hydrogen-bond acceptors (Lipinski definition) is 5. The fourth-order valence-electron chi connectivity index (χ4n) is 4.58. The van der Waals surface area contributed by atoms with Gasteiger partial charge in [0.05, 0.1) is 31.4 Å². The third-order valence-corrected chi connectivity index (χ3v) is 6.38. The highest BCUT2D eigenvalue weighted by atomic mass is 16.5. The van der Waals surface area contributed by atoms with Gasteiger partial charge in [-0.1, -0.05) is 42.5 Å². The van der Waals surface area contributed by atoms with Crippen molar-refractivity contribution in [2.24, 2.45) is 0 Å². The summed E-state index contributed by atoms with van der Waals surface area (Å²) in [6, 6.07) is 13.9. The van der Waals surface area contributed by atoms with Gasteiger partial charge in [0.15, 0.2) is 0 Å². The van der Waals surface area contributed by atoms with Crippen molar-refractivity contribution >= 4 is 22.8 Å². The van der Waals surface area contributed by atoms with Gasteiger partial charge in [0.1, 0.15) is 11.8 Å². The molecule has 2 N–H and O–H groups in total. The van der Waals surface area contributed by atoms with Crippen molar-refractivity contribution in [3.63, 3.8) is 0 Å². The summed E-state index contributed by atoms with van der Waals surface area (Å²) in [6.45, 7) is 6.60. The number of para-hydroxylation sites is 1. The van der Waals surface area contributed by atoms with Crippen LogP contribution < -0.4 is 10.1 Å². The van der Waals surface area contributed by atoms with Crippen molar-refractivity contribution in [2.75, 3.05) is 40.0 Å². The minimum absolute atomic E-state index is 0.208. The molecule has 1 aliphatic heterocycles. The molecule has 4 rings (SSSR count). The lowest BCUT2D eigenvalue weighted by molar-refractivity contribution is -0.139. The number of rotatable bonds is 9. The number of nitrogens with one attached hydrogen (secondary N) is 1. The standard InChI is InChI=1S/C26H31N3O5/c1-18-23(25(30)27-21(26(31)32)17-19-7-4-3-5-8-19)20-9-6-10-22(33-2)24(20)29(18)12-11-28-13-15-34-16-14-28/h3-10,21H,11-17H2,1-2H3,(H,27,30)(H,31,32)/t21-/m0/s1. The van der Waals surface area contributed by atoms with Crippen LogP contribution in [0.4, 0.5) is 0 Å². The number of aromatic nitrogens is 1. The second-order valence-corrected chi connectivity index (χ2v) is 8.48. The second-order valence-electron chi connectivity index (χ2n) is 8.48. The Morgan fingerprint density at radius 3 is 2.50 bits per heavy atom. The van der Waals surface area contributed by atoms with Crippen LogP contribution in [-0.2, 0) is 22.5 Å². The first-order chi connectivity index (χ1) is 16.5. The summed E-state index contributed by atoms with van der Waals surface area (Å²) < 4.78 is 13.2. The molecule has 1 aromatic heterocycles. The van der Waals surface area contributed by atoms with E-state index in [-0.39, 0.29) is 6.42 Å². The summed E-state index contributed by atoms with van der Waals surface area (Å²) in [6.07, 6.45) is 0.208. The number of aliphatic carboxylic acids is 1. The molecule has 180 valence electrons. The zero-order valence-electron chi connectivity index (χ0n) is 19.6. The summed E-state index contributed by atoms with van der Waals surface area (Å²) in [4.78, 5) is 27.7. The maximum atomic E-state index is 13.4. The quantitative estimate of drug-likeness (QED) is 0.505. The van der Waals surface area contributed by atoms with Gasteiger partial charge < -0.3 is 24.5 Å². The van der Waals surface area contributed by atoms with Gasteiger partial charge in [-0.15, -0.1) is 0 Å². The molecule has 0 radical (unpaired) electrons. The second kappa shape index (κ2) is 10.7. The number of morpholine rings is 1. The summed E-state index contributed by atoms with van der Waals surface area (Å²) >= 11 is 0. The van der Waals surface area contributed by atoms with Crippen LogP contribution in [-0.4, -0.2) is 72.4 Å². The summed E-state index contributed by atoms with van der Waals surface area (Å²) in [7, 11) is 1.61. The molecule has 0 bridgehead atoms. The van der Waals surface area contributed by atoms with E-state index in [4.69, 9.17) is 9.47 Å². The predicted molar refractivity (Wildman–Crippen MR) is 130 cm³/mol. The number of benzene rings is 2. The van der Waals surface area contributed by atoms with Crippen LogP contribution in [0.1, 0.15) is 21.6 Å². The lowest BCUT2D eigenvalue weighted by atomic mass is 10.0. The van der Waals surface area contributed by atoms with E-state index in [0.29, 0.717) is 17.9 Å². The number of methoxy groups -OCH3 is 1. The fraction of sp³-hybridized carbons (Fsp3) is 0.385. The number of hydrogen-bond donors (Lipinski definition) is 2. The molecule has 34 heavy (non-hydrogen) atoms. The minimum Gasteiger partial charge on any atom is -0.495 e. The molecule has 1 atom stereocenters. The Bertz CT molecular complexity index is 1150. The van der Waals surface area contributed by atoms with Gasteiger partial charge in [-0.3, -0.25) is 9.69 Å². The number of carboxylic acid groups (broad SMARTS) is 1. The molecule has 2 aromatic carbocycles. The molecule has 1 saturated heterocycles. The van der Waals surface area contributed by atoms with E-state index in [9.17, 15) is 14.7 Å². The maximum Gasteiger partial charge on any atom is 0.326 e. The topological polar surface area (TPSA) is 93.0 Å². The van der Waals surface area contributed by atoms with Crippen LogP contribution in [0, 0.1) is 6.92 Å². The smallest absolute Gasteiger partial charge is 0.326 e. The third-order valence-electron chi connectivity index (χ3n) is 6.38. The molecule has 0 spiro atoms. The average molecular weight is 466 g/mol. The highest BCUT2D eigenvalue weighted by molar-refractivity contribution is 6.10. The van der Waals surface area contributed by atoms with Crippen LogP contribution in [0.25, 0.3) is 10.9 Å². The minimum atomic E-state index is -1.07. The molecule has 1 fully saturated rings. The van der Waals surface area contributed by atoms with Gasteiger partial charge >= 0.3 is 5.97 Å². The Morgan fingerprint density at radius 1 is 1.09 bits per heavy atom. The number of carbonyl (C=O) groups excluding carboxylic acids is 1. The molecule has 0 saturated carbocycles. The third kappa shape index (κ3) is 5.08. The van der Waals surface area contributed by atoms with Crippen molar-refractivity contribution in [2.45, 2.75) is 25.9 Å². The van der Waals surface area contributed by atoms with Crippen LogP contribution in [0.5, 0.6) is 5.75 Å². The molecule has 2 heterocycles. The SMILES string of the molecule is COc1cccc2c(C(=O)N[C@@H](Cc3ccccc3)C(=O)O)c(C)n(CCN3CCOCC3)c12. The summed E-state index contributed by atoms with van der Waals surface area (Å²) in [5.74, 6) is -0.784. The van der Waals surface area contributed by atoms with Crippen LogP contribution in [0.15, 0.2) is 48.5 Å². The van der Waals surface area contributed by atoms with E-state index in [1.165, 1.54) is 0 Å². The lowest BCUT2D eigenvalue weighted by Crippen LogP contribution is -2.42. The molecule has 0 unspecified atom stereocenters. The molecular weight excluding hydrogens is 434 g/mol. The van der Waals surface area contributed by atoms with E-state index in [1.807, 2.05) is 55.5 Å². The van der Waals surface area contributed by atoms with Crippen LogP contribution in [0.2, 0.25) is 0 Å². The Morgan fingerprint density at radius 2 is 1.82 bits per heavy atom. The monoisotopic (exact) mass is 465 g/mol. The van der Waals surface area contributed by atoms with Gasteiger partial charge in [-0.25, -0.2) is 4.79 Å². The molecule has 0 aliphatic carbocycles. The fourth-order valence-corrected chi connectivity index (χ4v) is 4.58. The van der Waals surface area contributed by atoms with Crippen molar-refractivity contribution in [3.05, 3.63) is 65.4 Å². The Hall–Kier alpha value is -3.36. The molecule has 3 aromatic rings. The normalized spacial score (nSPS) is 15.2. The number of carbonyl (C=O) groups is 2. The number of nitrogens with zero attached hydrogens (tertiary/aromatic N) is 2. The average Bonchev–Trinajstić information content (AvgIpc) is 3.14. The van der Waals surface area contributed by atoms with E-state index >= 15 is 0 Å². The number of carboxylic acids is 1. The van der Waals surface area contributed by atoms with Gasteiger partial charge in [-0.05, 0) is 18.6 Å². The van der Waals surface area contributed by atoms with Crippen molar-refractivity contribution in [1.29, 1.82) is 0 Å². The maximum absolute atomic E-state index is 13.4. The predicted octanol–water partition coefficient (Wildman–Crippen LogP) is 2.72. The Kier molecular flexibility index (Phi) is 7.49. The van der Waals surface area contributed by atoms with E-state index in [1.54, 1.807) is 7.11 Å². The first kappa shape index (κ1) is 23.8. The lowest BCUT2D eigenvalue weighted by Gasteiger charge is -2.27. The van der Waals surface area contributed by atoms with Gasteiger partial charge in [-0.2, -0.15) is 0 Å². The van der Waals surface area contributed by atoms with Crippen molar-refractivity contribution in [1.82, 2.24) is 14.8 Å². The molecule has 1 aliphatic rings. The largest absolute Gasteiger partial charge is 0.495 e. The van der Waals surface area contributed by atoms with Gasteiger partial charge in [0, 0.05) is 43.7 Å². The van der Waals surface area contributed by atoms with E-state index < -0.39 is 17.9 Å². The van der Waals surface area contributed by atoms with Crippen LogP contribution in [0.3, 0.4) is 0 Å².